The van der Waals surface area contributed by atoms with Gasteiger partial charge in [0.2, 0.25) is 0 Å². The van der Waals surface area contributed by atoms with E-state index in [0.717, 1.165) is 61.3 Å². The molecule has 0 fully saturated rings. The van der Waals surface area contributed by atoms with Gasteiger partial charge in [0.15, 0.2) is 0 Å². The number of hydrogen-bond acceptors (Lipinski definition) is 1. The van der Waals surface area contributed by atoms with Crippen LogP contribution in [0.4, 0.5) is 21.5 Å². The number of fused-ring (bicyclic) bond motifs is 6. The molecule has 0 aliphatic heterocycles. The van der Waals surface area contributed by atoms with E-state index < -0.39 is 0 Å². The fourth-order valence-corrected chi connectivity index (χ4v) is 7.40. The fourth-order valence-electron chi connectivity index (χ4n) is 7.40. The summed E-state index contributed by atoms with van der Waals surface area (Å²) in [7, 11) is 0. The summed E-state index contributed by atoms with van der Waals surface area (Å²) in [6.07, 6.45) is 0. The zero-order valence-corrected chi connectivity index (χ0v) is 27.4. The Morgan fingerprint density at radius 1 is 0.429 bits per heavy atom. The quantitative estimate of drug-likeness (QED) is 0.177. The van der Waals surface area contributed by atoms with Crippen LogP contribution in [0.1, 0.15) is 25.3 Å². The van der Waals surface area contributed by atoms with Crippen molar-refractivity contribution in [2.24, 2.45) is 0 Å². The van der Waals surface area contributed by atoms with Crippen molar-refractivity contribution in [1.29, 1.82) is 0 Å². The van der Waals surface area contributed by atoms with Gasteiger partial charge in [-0.2, -0.15) is 0 Å². The van der Waals surface area contributed by atoms with E-state index in [1.807, 2.05) is 12.1 Å². The highest BCUT2D eigenvalue weighted by atomic mass is 19.1. The SMILES string of the molecule is CC(C)c1ccc2c(c1)c1cc(N(c3cccc(F)c3)c3ccc4c(c3)c3ccccc3n4-c3ccccc3)ccc1n2-c1ccccc1. The normalized spacial score (nSPS) is 11.8. The molecule has 0 spiro atoms. The van der Waals surface area contributed by atoms with Gasteiger partial charge in [0.05, 0.1) is 22.1 Å². The van der Waals surface area contributed by atoms with Crippen LogP contribution in [0.25, 0.3) is 55.0 Å². The molecule has 4 heteroatoms. The standard InChI is InChI=1S/C45H34FN3/c1-30(2)31-20-23-43-39(26-31)41-29-37(22-25-45(41)49(43)34-15-7-4-8-16-34)47(35-17-11-12-32(46)27-35)36-21-24-44-40(28-36)38-18-9-10-19-42(38)48(44)33-13-5-3-6-14-33/h3-30H,1-2H3. The van der Waals surface area contributed by atoms with Crippen molar-refractivity contribution < 1.29 is 4.39 Å². The second kappa shape index (κ2) is 11.5. The first-order chi connectivity index (χ1) is 24.0. The summed E-state index contributed by atoms with van der Waals surface area (Å²) in [5.41, 5.74) is 10.8. The van der Waals surface area contributed by atoms with Crippen LogP contribution >= 0.6 is 0 Å². The van der Waals surface area contributed by atoms with Crippen molar-refractivity contribution in [3.05, 3.63) is 175 Å². The Balaban J connectivity index is 1.30. The predicted octanol–water partition coefficient (Wildman–Crippen LogP) is 12.6. The van der Waals surface area contributed by atoms with Crippen LogP contribution in [0.5, 0.6) is 0 Å². The van der Waals surface area contributed by atoms with Crippen LogP contribution in [0, 0.1) is 5.82 Å². The van der Waals surface area contributed by atoms with E-state index in [1.165, 1.54) is 22.4 Å². The minimum Gasteiger partial charge on any atom is -0.310 e. The maximum atomic E-state index is 15.0. The molecular weight excluding hydrogens is 602 g/mol. The Bertz CT molecular complexity index is 2650. The van der Waals surface area contributed by atoms with Gasteiger partial charge in [-0.15, -0.1) is 0 Å². The van der Waals surface area contributed by atoms with Crippen LogP contribution in [0.15, 0.2) is 164 Å². The number of halogens is 1. The molecule has 2 aromatic heterocycles. The molecule has 0 atom stereocenters. The predicted molar refractivity (Wildman–Crippen MR) is 204 cm³/mol. The average Bonchev–Trinajstić information content (AvgIpc) is 3.64. The van der Waals surface area contributed by atoms with Crippen molar-refractivity contribution in [2.75, 3.05) is 4.90 Å². The minimum absolute atomic E-state index is 0.271. The van der Waals surface area contributed by atoms with Crippen LogP contribution in [0.2, 0.25) is 0 Å². The molecule has 0 unspecified atom stereocenters. The van der Waals surface area contributed by atoms with Gasteiger partial charge >= 0.3 is 0 Å². The van der Waals surface area contributed by atoms with Crippen molar-refractivity contribution >= 4 is 60.7 Å². The summed E-state index contributed by atoms with van der Waals surface area (Å²) >= 11 is 0. The van der Waals surface area contributed by atoms with Gasteiger partial charge in [0.25, 0.3) is 0 Å². The van der Waals surface area contributed by atoms with Crippen LogP contribution in [-0.4, -0.2) is 9.13 Å². The van der Waals surface area contributed by atoms with Crippen molar-refractivity contribution in [3.8, 4) is 11.4 Å². The molecule has 0 aliphatic carbocycles. The lowest BCUT2D eigenvalue weighted by atomic mass is 10.0. The second-order valence-electron chi connectivity index (χ2n) is 13.0. The van der Waals surface area contributed by atoms with Gasteiger partial charge < -0.3 is 14.0 Å². The molecule has 236 valence electrons. The molecule has 49 heavy (non-hydrogen) atoms. The number of hydrogen-bond donors (Lipinski definition) is 0. The third-order valence-corrected chi connectivity index (χ3v) is 9.71. The van der Waals surface area contributed by atoms with Gasteiger partial charge in [0.1, 0.15) is 5.82 Å². The monoisotopic (exact) mass is 635 g/mol. The molecule has 0 N–H and O–H groups in total. The van der Waals surface area contributed by atoms with E-state index in [-0.39, 0.29) is 5.82 Å². The lowest BCUT2D eigenvalue weighted by Crippen LogP contribution is -2.10. The lowest BCUT2D eigenvalue weighted by molar-refractivity contribution is 0.628. The van der Waals surface area contributed by atoms with Gasteiger partial charge in [-0.05, 0) is 109 Å². The zero-order chi connectivity index (χ0) is 33.1. The van der Waals surface area contributed by atoms with E-state index in [4.69, 9.17) is 0 Å². The van der Waals surface area contributed by atoms with E-state index in [9.17, 15) is 4.39 Å². The molecular formula is C45H34FN3. The number of nitrogens with zero attached hydrogens (tertiary/aromatic N) is 3. The van der Waals surface area contributed by atoms with Gasteiger partial charge in [-0.3, -0.25) is 0 Å². The molecule has 0 aliphatic rings. The van der Waals surface area contributed by atoms with Gasteiger partial charge in [0, 0.05) is 50.0 Å². The summed E-state index contributed by atoms with van der Waals surface area (Å²) < 4.78 is 19.6. The molecule has 0 amide bonds. The topological polar surface area (TPSA) is 13.1 Å². The number of anilines is 3. The highest BCUT2D eigenvalue weighted by Crippen LogP contribution is 2.42. The van der Waals surface area contributed by atoms with Crippen molar-refractivity contribution in [1.82, 2.24) is 9.13 Å². The van der Waals surface area contributed by atoms with Crippen LogP contribution in [-0.2, 0) is 0 Å². The maximum absolute atomic E-state index is 15.0. The number of rotatable bonds is 6. The van der Waals surface area contributed by atoms with Crippen molar-refractivity contribution in [2.45, 2.75) is 19.8 Å². The Labute approximate surface area is 284 Å². The van der Waals surface area contributed by atoms with E-state index in [0.29, 0.717) is 5.92 Å². The van der Waals surface area contributed by atoms with E-state index in [2.05, 4.69) is 161 Å². The van der Waals surface area contributed by atoms with Crippen LogP contribution in [0.3, 0.4) is 0 Å². The number of aromatic nitrogens is 2. The first-order valence-corrected chi connectivity index (χ1v) is 16.8. The molecule has 7 aromatic carbocycles. The number of benzene rings is 7. The molecule has 0 radical (unpaired) electrons. The zero-order valence-electron chi connectivity index (χ0n) is 27.4. The minimum atomic E-state index is -0.271. The van der Waals surface area contributed by atoms with Gasteiger partial charge in [-0.1, -0.05) is 80.6 Å². The Kier molecular flexibility index (Phi) is 6.84. The lowest BCUT2D eigenvalue weighted by Gasteiger charge is -2.26. The summed E-state index contributed by atoms with van der Waals surface area (Å²) in [6, 6.07) is 56.5. The fraction of sp³-hybridized carbons (Fsp3) is 0.0667. The summed E-state index contributed by atoms with van der Waals surface area (Å²) in [5, 5.41) is 4.67. The van der Waals surface area contributed by atoms with Gasteiger partial charge in [-0.25, -0.2) is 4.39 Å². The largest absolute Gasteiger partial charge is 0.310 e. The van der Waals surface area contributed by atoms with E-state index in [1.54, 1.807) is 12.1 Å². The van der Waals surface area contributed by atoms with Crippen molar-refractivity contribution in [3.63, 3.8) is 0 Å². The van der Waals surface area contributed by atoms with Crippen LogP contribution < -0.4 is 4.90 Å². The molecule has 0 bridgehead atoms. The maximum Gasteiger partial charge on any atom is 0.125 e. The molecule has 0 saturated carbocycles. The molecule has 9 rings (SSSR count). The molecule has 2 heterocycles. The third-order valence-electron chi connectivity index (χ3n) is 9.71. The first-order valence-electron chi connectivity index (χ1n) is 16.8. The summed E-state index contributed by atoms with van der Waals surface area (Å²) in [4.78, 5) is 2.18. The molecule has 9 aromatic rings. The first kappa shape index (κ1) is 29.0. The number of para-hydroxylation sites is 3. The van der Waals surface area contributed by atoms with E-state index >= 15 is 0 Å². The highest BCUT2D eigenvalue weighted by molar-refractivity contribution is 6.12. The summed E-state index contributed by atoms with van der Waals surface area (Å²) in [5.74, 6) is 0.129. The summed E-state index contributed by atoms with van der Waals surface area (Å²) in [6.45, 7) is 4.47. The average molecular weight is 636 g/mol. The Morgan fingerprint density at radius 2 is 0.918 bits per heavy atom. The Hall–Kier alpha value is -6.13. The molecule has 3 nitrogen and oxygen atoms in total. The second-order valence-corrected chi connectivity index (χ2v) is 13.0. The Morgan fingerprint density at radius 3 is 1.51 bits per heavy atom. The molecule has 0 saturated heterocycles. The highest BCUT2D eigenvalue weighted by Gasteiger charge is 2.20. The third kappa shape index (κ3) is 4.79. The smallest absolute Gasteiger partial charge is 0.125 e.